The summed E-state index contributed by atoms with van der Waals surface area (Å²) in [6.07, 6.45) is 3.44. The Kier molecular flexibility index (Phi) is 5.45. The van der Waals surface area contributed by atoms with Gasteiger partial charge in [-0.1, -0.05) is 38.0 Å². The highest BCUT2D eigenvalue weighted by Crippen LogP contribution is 2.20. The maximum absolute atomic E-state index is 11.3. The van der Waals surface area contributed by atoms with Crippen LogP contribution in [0.1, 0.15) is 42.2 Å². The topological polar surface area (TPSA) is 93.9 Å². The molecule has 0 aliphatic heterocycles. The molecule has 0 radical (unpaired) electrons. The summed E-state index contributed by atoms with van der Waals surface area (Å²) in [7, 11) is 0. The van der Waals surface area contributed by atoms with E-state index in [2.05, 4.69) is 22.3 Å². The third kappa shape index (κ3) is 4.13. The highest BCUT2D eigenvalue weighted by Gasteiger charge is 2.15. The van der Waals surface area contributed by atoms with E-state index >= 15 is 0 Å². The number of rotatable bonds is 8. The van der Waals surface area contributed by atoms with Crippen LogP contribution in [0.2, 0.25) is 0 Å². The summed E-state index contributed by atoms with van der Waals surface area (Å²) >= 11 is 0. The predicted octanol–water partition coefficient (Wildman–Crippen LogP) is 2.28. The summed E-state index contributed by atoms with van der Waals surface area (Å²) in [4.78, 5) is 11.3. The average molecular weight is 288 g/mol. The molecule has 0 bridgehead atoms. The quantitative estimate of drug-likeness (QED) is 0.729. The van der Waals surface area contributed by atoms with Gasteiger partial charge in [0.1, 0.15) is 5.69 Å². The van der Waals surface area contributed by atoms with E-state index in [0.29, 0.717) is 12.3 Å². The molecule has 0 aliphatic rings. The SMILES string of the molecule is CCCCCOCc1cccc(-c2n[nH]nc2C(N)=O)c1. The molecule has 0 saturated heterocycles. The number of primary amides is 1. The van der Waals surface area contributed by atoms with Crippen LogP contribution in [0.4, 0.5) is 0 Å². The van der Waals surface area contributed by atoms with E-state index in [0.717, 1.165) is 24.2 Å². The summed E-state index contributed by atoms with van der Waals surface area (Å²) in [6, 6.07) is 7.68. The number of aromatic amines is 1. The first-order valence-electron chi connectivity index (χ1n) is 7.10. The molecule has 0 unspecified atom stereocenters. The zero-order chi connectivity index (χ0) is 15.1. The van der Waals surface area contributed by atoms with Crippen LogP contribution in [0.3, 0.4) is 0 Å². The van der Waals surface area contributed by atoms with Gasteiger partial charge in [0.25, 0.3) is 5.91 Å². The Hall–Kier alpha value is -2.21. The van der Waals surface area contributed by atoms with Gasteiger partial charge >= 0.3 is 0 Å². The van der Waals surface area contributed by atoms with Crippen molar-refractivity contribution in [3.8, 4) is 11.3 Å². The normalized spacial score (nSPS) is 10.7. The van der Waals surface area contributed by atoms with Crippen molar-refractivity contribution in [2.75, 3.05) is 6.61 Å². The predicted molar refractivity (Wildman–Crippen MR) is 79.5 cm³/mol. The number of carbonyl (C=O) groups excluding carboxylic acids is 1. The van der Waals surface area contributed by atoms with Crippen LogP contribution < -0.4 is 5.73 Å². The molecule has 3 N–H and O–H groups in total. The molecule has 0 atom stereocenters. The van der Waals surface area contributed by atoms with E-state index in [1.165, 1.54) is 12.8 Å². The number of aromatic nitrogens is 3. The van der Waals surface area contributed by atoms with Crippen LogP contribution in [0.5, 0.6) is 0 Å². The monoisotopic (exact) mass is 288 g/mol. The number of unbranched alkanes of at least 4 members (excludes halogenated alkanes) is 2. The lowest BCUT2D eigenvalue weighted by Gasteiger charge is -2.06. The fourth-order valence-electron chi connectivity index (χ4n) is 2.06. The second-order valence-corrected chi connectivity index (χ2v) is 4.85. The van der Waals surface area contributed by atoms with Crippen molar-refractivity contribution >= 4 is 5.91 Å². The Morgan fingerprint density at radius 2 is 2.19 bits per heavy atom. The van der Waals surface area contributed by atoms with E-state index in [4.69, 9.17) is 10.5 Å². The molecule has 1 aromatic carbocycles. The lowest BCUT2D eigenvalue weighted by molar-refractivity contribution is 0.0996. The minimum absolute atomic E-state index is 0.149. The summed E-state index contributed by atoms with van der Waals surface area (Å²) in [5.74, 6) is -0.597. The molecule has 1 heterocycles. The van der Waals surface area contributed by atoms with Gasteiger partial charge in [-0.15, -0.1) is 0 Å². The summed E-state index contributed by atoms with van der Waals surface area (Å²) < 4.78 is 5.64. The molecule has 0 aliphatic carbocycles. The third-order valence-corrected chi connectivity index (χ3v) is 3.14. The maximum atomic E-state index is 11.3. The van der Waals surface area contributed by atoms with Crippen LogP contribution in [0.25, 0.3) is 11.3 Å². The first-order chi connectivity index (χ1) is 10.2. The fraction of sp³-hybridized carbons (Fsp3) is 0.400. The third-order valence-electron chi connectivity index (χ3n) is 3.14. The minimum atomic E-state index is -0.597. The molecule has 1 amide bonds. The molecule has 2 rings (SSSR count). The number of benzene rings is 1. The Morgan fingerprint density at radius 1 is 1.33 bits per heavy atom. The molecule has 112 valence electrons. The molecule has 0 spiro atoms. The smallest absolute Gasteiger partial charge is 0.271 e. The number of hydrogen-bond donors (Lipinski definition) is 2. The molecule has 0 saturated carbocycles. The lowest BCUT2D eigenvalue weighted by atomic mass is 10.1. The van der Waals surface area contributed by atoms with Crippen molar-refractivity contribution in [2.45, 2.75) is 32.8 Å². The van der Waals surface area contributed by atoms with E-state index < -0.39 is 5.91 Å². The molecular weight excluding hydrogens is 268 g/mol. The van der Waals surface area contributed by atoms with E-state index in [9.17, 15) is 4.79 Å². The Morgan fingerprint density at radius 3 is 2.95 bits per heavy atom. The molecule has 6 nitrogen and oxygen atoms in total. The molecule has 6 heteroatoms. The van der Waals surface area contributed by atoms with E-state index in [1.54, 1.807) is 0 Å². The average Bonchev–Trinajstić information content (AvgIpc) is 2.97. The standard InChI is InChI=1S/C15H20N4O2/c1-2-3-4-8-21-10-11-6-5-7-12(9-11)13-14(15(16)20)18-19-17-13/h5-7,9H,2-4,8,10H2,1H3,(H2,16,20)(H,17,18,19). The van der Waals surface area contributed by atoms with Crippen molar-refractivity contribution in [2.24, 2.45) is 5.73 Å². The van der Waals surface area contributed by atoms with Crippen molar-refractivity contribution in [3.05, 3.63) is 35.5 Å². The van der Waals surface area contributed by atoms with Crippen LogP contribution in [0.15, 0.2) is 24.3 Å². The largest absolute Gasteiger partial charge is 0.377 e. The lowest BCUT2D eigenvalue weighted by Crippen LogP contribution is -2.12. The molecule has 2 aromatic rings. The van der Waals surface area contributed by atoms with Crippen molar-refractivity contribution in [1.82, 2.24) is 15.4 Å². The second-order valence-electron chi connectivity index (χ2n) is 4.85. The van der Waals surface area contributed by atoms with E-state index in [-0.39, 0.29) is 5.69 Å². The maximum Gasteiger partial charge on any atom is 0.271 e. The van der Waals surface area contributed by atoms with Gasteiger partial charge in [-0.3, -0.25) is 4.79 Å². The number of nitrogens with two attached hydrogens (primary N) is 1. The molecular formula is C15H20N4O2. The van der Waals surface area contributed by atoms with E-state index in [1.807, 2.05) is 24.3 Å². The van der Waals surface area contributed by atoms with Crippen LogP contribution in [-0.2, 0) is 11.3 Å². The summed E-state index contributed by atoms with van der Waals surface area (Å²) in [5, 5.41) is 10.2. The summed E-state index contributed by atoms with van der Waals surface area (Å²) in [6.45, 7) is 3.47. The number of nitrogens with zero attached hydrogens (tertiary/aromatic N) is 2. The van der Waals surface area contributed by atoms with Gasteiger partial charge in [-0.05, 0) is 18.1 Å². The van der Waals surface area contributed by atoms with Crippen molar-refractivity contribution in [3.63, 3.8) is 0 Å². The second kappa shape index (κ2) is 7.54. The zero-order valence-electron chi connectivity index (χ0n) is 12.1. The number of nitrogens with one attached hydrogen (secondary N) is 1. The molecule has 0 fully saturated rings. The van der Waals surface area contributed by atoms with Gasteiger partial charge in [0.2, 0.25) is 0 Å². The van der Waals surface area contributed by atoms with Crippen LogP contribution in [-0.4, -0.2) is 27.9 Å². The first kappa shape index (κ1) is 15.2. The Balaban J connectivity index is 2.04. The van der Waals surface area contributed by atoms with Crippen molar-refractivity contribution < 1.29 is 9.53 Å². The fourth-order valence-corrected chi connectivity index (χ4v) is 2.06. The molecule has 21 heavy (non-hydrogen) atoms. The van der Waals surface area contributed by atoms with Gasteiger partial charge in [-0.25, -0.2) is 0 Å². The number of hydrogen-bond acceptors (Lipinski definition) is 4. The van der Waals surface area contributed by atoms with Gasteiger partial charge < -0.3 is 10.5 Å². The number of carbonyl (C=O) groups is 1. The minimum Gasteiger partial charge on any atom is -0.377 e. The number of ether oxygens (including phenoxy) is 1. The van der Waals surface area contributed by atoms with Gasteiger partial charge in [-0.2, -0.15) is 15.4 Å². The Labute approximate surface area is 123 Å². The molecule has 1 aromatic heterocycles. The van der Waals surface area contributed by atoms with Gasteiger partial charge in [0.15, 0.2) is 5.69 Å². The number of H-pyrrole nitrogens is 1. The highest BCUT2D eigenvalue weighted by atomic mass is 16.5. The number of amides is 1. The van der Waals surface area contributed by atoms with Gasteiger partial charge in [0, 0.05) is 12.2 Å². The first-order valence-corrected chi connectivity index (χ1v) is 7.10. The summed E-state index contributed by atoms with van der Waals surface area (Å²) in [5.41, 5.74) is 7.72. The zero-order valence-corrected chi connectivity index (χ0v) is 12.1. The van der Waals surface area contributed by atoms with Gasteiger partial charge in [0.05, 0.1) is 6.61 Å². The van der Waals surface area contributed by atoms with Crippen molar-refractivity contribution in [1.29, 1.82) is 0 Å². The highest BCUT2D eigenvalue weighted by molar-refractivity contribution is 5.96. The van der Waals surface area contributed by atoms with Crippen LogP contribution in [0, 0.1) is 0 Å². The Bertz CT molecular complexity index is 595. The van der Waals surface area contributed by atoms with Crippen LogP contribution >= 0.6 is 0 Å².